The normalized spacial score (nSPS) is 13.6. The predicted molar refractivity (Wildman–Crippen MR) is 48.5 cm³/mol. The quantitative estimate of drug-likeness (QED) is 0.678. The summed E-state index contributed by atoms with van der Waals surface area (Å²) in [5.74, 6) is 0. The van der Waals surface area contributed by atoms with Crippen molar-refractivity contribution in [3.8, 4) is 0 Å². The summed E-state index contributed by atoms with van der Waals surface area (Å²) >= 11 is 0. The van der Waals surface area contributed by atoms with Crippen LogP contribution in [0.3, 0.4) is 0 Å². The first-order valence-corrected chi connectivity index (χ1v) is 4.08. The molecule has 0 bridgehead atoms. The zero-order chi connectivity index (χ0) is 9.12. The van der Waals surface area contributed by atoms with E-state index in [0.717, 1.165) is 6.42 Å². The Bertz CT molecular complexity index is 105. The minimum atomic E-state index is -0.0527. The van der Waals surface area contributed by atoms with E-state index in [0.29, 0.717) is 6.54 Å². The van der Waals surface area contributed by atoms with Gasteiger partial charge in [-0.05, 0) is 32.2 Å². The molecule has 0 unspecified atom stereocenters. The van der Waals surface area contributed by atoms with Crippen LogP contribution in [-0.4, -0.2) is 19.3 Å². The van der Waals surface area contributed by atoms with Crippen molar-refractivity contribution in [1.82, 2.24) is 0 Å². The second kappa shape index (κ2) is 3.55. The van der Waals surface area contributed by atoms with Gasteiger partial charge in [-0.1, -0.05) is 13.8 Å². The molecule has 0 atom stereocenters. The number of hydrogen-bond donors (Lipinski definition) is 1. The summed E-state index contributed by atoms with van der Waals surface area (Å²) < 4.78 is 5.32. The molecule has 0 heterocycles. The van der Waals surface area contributed by atoms with Crippen LogP contribution < -0.4 is 5.73 Å². The molecule has 0 aliphatic carbocycles. The standard InChI is InChI=1S/C9H21NO/c1-8(2,7-10)6-9(3,4)11-5/h6-7,10H2,1-5H3. The van der Waals surface area contributed by atoms with Crippen molar-refractivity contribution in [2.24, 2.45) is 11.1 Å². The summed E-state index contributed by atoms with van der Waals surface area (Å²) in [4.78, 5) is 0. The number of ether oxygens (including phenoxy) is 1. The van der Waals surface area contributed by atoms with Crippen LogP contribution in [0.15, 0.2) is 0 Å². The Balaban J connectivity index is 4.02. The smallest absolute Gasteiger partial charge is 0.0628 e. The van der Waals surface area contributed by atoms with Crippen LogP contribution in [-0.2, 0) is 4.74 Å². The van der Waals surface area contributed by atoms with Gasteiger partial charge in [-0.3, -0.25) is 0 Å². The van der Waals surface area contributed by atoms with Crippen molar-refractivity contribution < 1.29 is 4.74 Å². The summed E-state index contributed by atoms with van der Waals surface area (Å²) in [5, 5.41) is 0. The lowest BCUT2D eigenvalue weighted by atomic mass is 9.82. The molecule has 68 valence electrons. The molecule has 0 fully saturated rings. The van der Waals surface area contributed by atoms with Gasteiger partial charge in [0.25, 0.3) is 0 Å². The molecule has 0 aromatic rings. The maximum absolute atomic E-state index is 5.61. The lowest BCUT2D eigenvalue weighted by Crippen LogP contribution is -2.34. The Kier molecular flexibility index (Phi) is 3.52. The molecule has 0 aliphatic rings. The zero-order valence-corrected chi connectivity index (χ0v) is 8.40. The van der Waals surface area contributed by atoms with Crippen LogP contribution in [0.4, 0.5) is 0 Å². The maximum atomic E-state index is 5.61. The molecule has 2 nitrogen and oxygen atoms in total. The fourth-order valence-electron chi connectivity index (χ4n) is 1.30. The molecule has 0 saturated heterocycles. The van der Waals surface area contributed by atoms with Gasteiger partial charge >= 0.3 is 0 Å². The largest absolute Gasteiger partial charge is 0.379 e. The topological polar surface area (TPSA) is 35.2 Å². The van der Waals surface area contributed by atoms with Crippen LogP contribution in [0.5, 0.6) is 0 Å². The minimum absolute atomic E-state index is 0.0527. The number of nitrogens with two attached hydrogens (primary N) is 1. The van der Waals surface area contributed by atoms with Crippen LogP contribution in [0.25, 0.3) is 0 Å². The van der Waals surface area contributed by atoms with Crippen molar-refractivity contribution in [3.63, 3.8) is 0 Å². The van der Waals surface area contributed by atoms with E-state index in [4.69, 9.17) is 10.5 Å². The van der Waals surface area contributed by atoms with E-state index in [1.54, 1.807) is 7.11 Å². The first-order valence-electron chi connectivity index (χ1n) is 4.08. The van der Waals surface area contributed by atoms with E-state index >= 15 is 0 Å². The summed E-state index contributed by atoms with van der Waals surface area (Å²) in [7, 11) is 1.74. The highest BCUT2D eigenvalue weighted by atomic mass is 16.5. The molecule has 2 N–H and O–H groups in total. The molecule has 0 spiro atoms. The third kappa shape index (κ3) is 4.38. The highest BCUT2D eigenvalue weighted by molar-refractivity contribution is 4.80. The van der Waals surface area contributed by atoms with Crippen molar-refractivity contribution in [2.75, 3.05) is 13.7 Å². The summed E-state index contributed by atoms with van der Waals surface area (Å²) in [6.07, 6.45) is 0.993. The number of hydrogen-bond acceptors (Lipinski definition) is 2. The van der Waals surface area contributed by atoms with Crippen LogP contribution in [0, 0.1) is 5.41 Å². The Morgan fingerprint density at radius 1 is 1.18 bits per heavy atom. The maximum Gasteiger partial charge on any atom is 0.0628 e. The summed E-state index contributed by atoms with van der Waals surface area (Å²) in [5.41, 5.74) is 5.74. The molecule has 0 saturated carbocycles. The molecule has 0 aromatic carbocycles. The number of methoxy groups -OCH3 is 1. The lowest BCUT2D eigenvalue weighted by Gasteiger charge is -2.32. The van der Waals surface area contributed by atoms with Crippen molar-refractivity contribution in [3.05, 3.63) is 0 Å². The molecular weight excluding hydrogens is 138 g/mol. The highest BCUT2D eigenvalue weighted by Gasteiger charge is 2.27. The van der Waals surface area contributed by atoms with Gasteiger partial charge in [0.1, 0.15) is 0 Å². The van der Waals surface area contributed by atoms with E-state index in [2.05, 4.69) is 27.7 Å². The summed E-state index contributed by atoms with van der Waals surface area (Å²) in [6, 6.07) is 0. The lowest BCUT2D eigenvalue weighted by molar-refractivity contribution is -0.0112. The van der Waals surface area contributed by atoms with Crippen molar-refractivity contribution in [2.45, 2.75) is 39.7 Å². The van der Waals surface area contributed by atoms with Crippen LogP contribution >= 0.6 is 0 Å². The Hall–Kier alpha value is -0.0800. The molecule has 0 amide bonds. The fraction of sp³-hybridized carbons (Fsp3) is 1.00. The third-order valence-corrected chi connectivity index (χ3v) is 2.01. The molecule has 0 aliphatic heterocycles. The Morgan fingerprint density at radius 3 is 1.91 bits per heavy atom. The van der Waals surface area contributed by atoms with Gasteiger partial charge in [0, 0.05) is 7.11 Å². The third-order valence-electron chi connectivity index (χ3n) is 2.01. The van der Waals surface area contributed by atoms with Gasteiger partial charge < -0.3 is 10.5 Å². The van der Waals surface area contributed by atoms with Crippen LogP contribution in [0.1, 0.15) is 34.1 Å². The van der Waals surface area contributed by atoms with E-state index < -0.39 is 0 Å². The molecule has 11 heavy (non-hydrogen) atoms. The Labute approximate surface area is 70.1 Å². The van der Waals surface area contributed by atoms with Gasteiger partial charge in [-0.15, -0.1) is 0 Å². The van der Waals surface area contributed by atoms with E-state index in [-0.39, 0.29) is 11.0 Å². The average Bonchev–Trinajstić information content (AvgIpc) is 1.86. The van der Waals surface area contributed by atoms with Gasteiger partial charge in [0.05, 0.1) is 5.60 Å². The first-order chi connectivity index (χ1) is 4.83. The molecule has 0 rings (SSSR count). The van der Waals surface area contributed by atoms with E-state index in [9.17, 15) is 0 Å². The van der Waals surface area contributed by atoms with E-state index in [1.807, 2.05) is 0 Å². The second-order valence-corrected chi connectivity index (χ2v) is 4.51. The van der Waals surface area contributed by atoms with Gasteiger partial charge in [-0.25, -0.2) is 0 Å². The zero-order valence-electron chi connectivity index (χ0n) is 8.40. The highest BCUT2D eigenvalue weighted by Crippen LogP contribution is 2.28. The average molecular weight is 159 g/mol. The van der Waals surface area contributed by atoms with Crippen molar-refractivity contribution >= 4 is 0 Å². The molecule has 2 heteroatoms. The Morgan fingerprint density at radius 2 is 1.64 bits per heavy atom. The van der Waals surface area contributed by atoms with E-state index in [1.165, 1.54) is 0 Å². The van der Waals surface area contributed by atoms with Crippen molar-refractivity contribution in [1.29, 1.82) is 0 Å². The second-order valence-electron chi connectivity index (χ2n) is 4.51. The molecule has 0 aromatic heterocycles. The van der Waals surface area contributed by atoms with Gasteiger partial charge in [0.15, 0.2) is 0 Å². The van der Waals surface area contributed by atoms with Crippen LogP contribution in [0.2, 0.25) is 0 Å². The number of rotatable bonds is 4. The predicted octanol–water partition coefficient (Wildman–Crippen LogP) is 1.79. The minimum Gasteiger partial charge on any atom is -0.379 e. The fourth-order valence-corrected chi connectivity index (χ4v) is 1.30. The summed E-state index contributed by atoms with van der Waals surface area (Å²) in [6.45, 7) is 9.20. The van der Waals surface area contributed by atoms with Gasteiger partial charge in [0.2, 0.25) is 0 Å². The van der Waals surface area contributed by atoms with Gasteiger partial charge in [-0.2, -0.15) is 0 Å². The SMILES string of the molecule is COC(C)(C)CC(C)(C)CN. The molecule has 0 radical (unpaired) electrons. The monoisotopic (exact) mass is 159 g/mol. The first kappa shape index (κ1) is 10.9. The molecular formula is C9H21NO.